The van der Waals surface area contributed by atoms with Gasteiger partial charge in [0.25, 0.3) is 0 Å². The van der Waals surface area contributed by atoms with Crippen LogP contribution in [0.1, 0.15) is 12.8 Å². The summed E-state index contributed by atoms with van der Waals surface area (Å²) in [6, 6.07) is 7.72. The van der Waals surface area contributed by atoms with Gasteiger partial charge in [0.15, 0.2) is 0 Å². The van der Waals surface area contributed by atoms with E-state index in [4.69, 9.17) is 4.74 Å². The third-order valence-electron chi connectivity index (χ3n) is 5.16. The molecule has 2 aromatic rings. The maximum Gasteiger partial charge on any atom is 0.236 e. The summed E-state index contributed by atoms with van der Waals surface area (Å²) < 4.78 is 19.0. The van der Waals surface area contributed by atoms with Crippen LogP contribution in [0.5, 0.6) is 11.6 Å². The van der Waals surface area contributed by atoms with Crippen molar-refractivity contribution in [1.29, 1.82) is 0 Å². The van der Waals surface area contributed by atoms with E-state index in [1.807, 2.05) is 4.90 Å². The predicted molar refractivity (Wildman–Crippen MR) is 103 cm³/mol. The summed E-state index contributed by atoms with van der Waals surface area (Å²) in [5.74, 6) is 1.43. The Labute approximate surface area is 163 Å². The van der Waals surface area contributed by atoms with Crippen molar-refractivity contribution in [2.75, 3.05) is 50.7 Å². The topological polar surface area (TPSA) is 61.8 Å². The van der Waals surface area contributed by atoms with Gasteiger partial charge >= 0.3 is 0 Å². The van der Waals surface area contributed by atoms with E-state index in [0.29, 0.717) is 18.2 Å². The minimum atomic E-state index is -0.355. The molecular weight excluding hydrogens is 361 g/mol. The van der Waals surface area contributed by atoms with Crippen LogP contribution < -0.4 is 9.64 Å². The van der Waals surface area contributed by atoms with E-state index in [2.05, 4.69) is 19.8 Å². The number of halogens is 1. The Morgan fingerprint density at radius 1 is 1.04 bits per heavy atom. The lowest BCUT2D eigenvalue weighted by Gasteiger charge is -2.35. The van der Waals surface area contributed by atoms with Crippen LogP contribution in [-0.4, -0.2) is 71.5 Å². The highest BCUT2D eigenvalue weighted by Gasteiger charge is 2.24. The maximum absolute atomic E-state index is 13.3. The second-order valence-electron chi connectivity index (χ2n) is 7.12. The van der Waals surface area contributed by atoms with Crippen LogP contribution in [0.2, 0.25) is 0 Å². The fourth-order valence-electron chi connectivity index (χ4n) is 3.60. The summed E-state index contributed by atoms with van der Waals surface area (Å²) in [6.07, 6.45) is 3.69. The summed E-state index contributed by atoms with van der Waals surface area (Å²) in [4.78, 5) is 27.1. The van der Waals surface area contributed by atoms with Crippen LogP contribution in [0.15, 0.2) is 36.7 Å². The number of benzene rings is 1. The standard InChI is InChI=1S/C20H24FN5O2/c21-16-4-3-5-17(12-16)28-19-13-18(22-15-23-19)25-10-8-24(9-11-25)14-20(27)26-6-1-2-7-26/h3-5,12-13,15H,1-2,6-11,14H2. The van der Waals surface area contributed by atoms with Gasteiger partial charge in [0.05, 0.1) is 6.54 Å². The predicted octanol–water partition coefficient (Wildman–Crippen LogP) is 2.15. The Kier molecular flexibility index (Phi) is 5.66. The van der Waals surface area contributed by atoms with Crippen LogP contribution >= 0.6 is 0 Å². The largest absolute Gasteiger partial charge is 0.439 e. The van der Waals surface area contributed by atoms with Crippen molar-refractivity contribution in [3.63, 3.8) is 0 Å². The van der Waals surface area contributed by atoms with Gasteiger partial charge < -0.3 is 14.5 Å². The molecule has 0 saturated carbocycles. The van der Waals surface area contributed by atoms with Gasteiger partial charge in [0, 0.05) is 51.4 Å². The Morgan fingerprint density at radius 3 is 2.57 bits per heavy atom. The molecule has 0 aliphatic carbocycles. The molecule has 1 aromatic carbocycles. The fraction of sp³-hybridized carbons (Fsp3) is 0.450. The maximum atomic E-state index is 13.3. The van der Waals surface area contributed by atoms with Crippen molar-refractivity contribution in [2.45, 2.75) is 12.8 Å². The lowest BCUT2D eigenvalue weighted by molar-refractivity contribution is -0.131. The molecule has 3 heterocycles. The van der Waals surface area contributed by atoms with E-state index in [-0.39, 0.29) is 11.7 Å². The number of ether oxygens (including phenoxy) is 1. The highest BCUT2D eigenvalue weighted by atomic mass is 19.1. The Bertz CT molecular complexity index is 820. The number of hydrogen-bond acceptors (Lipinski definition) is 6. The number of piperazine rings is 1. The van der Waals surface area contributed by atoms with E-state index < -0.39 is 0 Å². The second-order valence-corrected chi connectivity index (χ2v) is 7.12. The van der Waals surface area contributed by atoms with Gasteiger partial charge in [-0.3, -0.25) is 9.69 Å². The van der Waals surface area contributed by atoms with Crippen LogP contribution in [0.3, 0.4) is 0 Å². The van der Waals surface area contributed by atoms with Crippen molar-refractivity contribution >= 4 is 11.7 Å². The molecule has 2 saturated heterocycles. The molecule has 148 valence electrons. The zero-order valence-corrected chi connectivity index (χ0v) is 15.8. The van der Waals surface area contributed by atoms with Crippen molar-refractivity contribution in [3.8, 4) is 11.6 Å². The lowest BCUT2D eigenvalue weighted by atomic mass is 10.3. The van der Waals surface area contributed by atoms with E-state index in [9.17, 15) is 9.18 Å². The molecule has 1 amide bonds. The van der Waals surface area contributed by atoms with Crippen LogP contribution in [0.25, 0.3) is 0 Å². The number of carbonyl (C=O) groups excluding carboxylic acids is 1. The summed E-state index contributed by atoms with van der Waals surface area (Å²) >= 11 is 0. The summed E-state index contributed by atoms with van der Waals surface area (Å²) in [5, 5.41) is 0. The number of carbonyl (C=O) groups is 1. The van der Waals surface area contributed by atoms with Crippen molar-refractivity contribution < 1.29 is 13.9 Å². The molecule has 4 rings (SSSR count). The summed E-state index contributed by atoms with van der Waals surface area (Å²) in [6.45, 7) is 5.47. The van der Waals surface area contributed by atoms with Crippen molar-refractivity contribution in [2.24, 2.45) is 0 Å². The fourth-order valence-corrected chi connectivity index (χ4v) is 3.60. The third kappa shape index (κ3) is 4.56. The first-order valence-electron chi connectivity index (χ1n) is 9.68. The molecule has 0 radical (unpaired) electrons. The third-order valence-corrected chi connectivity index (χ3v) is 5.16. The SMILES string of the molecule is O=C(CN1CCN(c2cc(Oc3cccc(F)c3)ncn2)CC1)N1CCCC1. The first-order chi connectivity index (χ1) is 13.7. The highest BCUT2D eigenvalue weighted by Crippen LogP contribution is 2.23. The molecule has 2 fully saturated rings. The normalized spacial score (nSPS) is 17.8. The Balaban J connectivity index is 1.32. The average Bonchev–Trinajstić information content (AvgIpc) is 3.24. The quantitative estimate of drug-likeness (QED) is 0.786. The molecule has 0 atom stereocenters. The smallest absolute Gasteiger partial charge is 0.236 e. The molecule has 0 bridgehead atoms. The number of aromatic nitrogens is 2. The number of anilines is 1. The van der Waals surface area contributed by atoms with Crippen LogP contribution in [-0.2, 0) is 4.79 Å². The van der Waals surface area contributed by atoms with Gasteiger partial charge in [-0.15, -0.1) is 0 Å². The Morgan fingerprint density at radius 2 is 1.82 bits per heavy atom. The van der Waals surface area contributed by atoms with Gasteiger partial charge in [-0.2, -0.15) is 0 Å². The molecule has 8 heteroatoms. The van der Waals surface area contributed by atoms with Crippen LogP contribution in [0, 0.1) is 5.82 Å². The lowest BCUT2D eigenvalue weighted by Crippen LogP contribution is -2.50. The molecule has 2 aliphatic rings. The number of rotatable bonds is 5. The minimum Gasteiger partial charge on any atom is -0.439 e. The monoisotopic (exact) mass is 385 g/mol. The molecule has 1 aromatic heterocycles. The van der Waals surface area contributed by atoms with E-state index >= 15 is 0 Å². The van der Waals surface area contributed by atoms with Crippen molar-refractivity contribution in [3.05, 3.63) is 42.5 Å². The van der Waals surface area contributed by atoms with E-state index in [1.165, 1.54) is 18.5 Å². The first-order valence-corrected chi connectivity index (χ1v) is 9.68. The number of amides is 1. The highest BCUT2D eigenvalue weighted by molar-refractivity contribution is 5.78. The van der Waals surface area contributed by atoms with Gasteiger partial charge in [-0.05, 0) is 25.0 Å². The van der Waals surface area contributed by atoms with Gasteiger partial charge in [0.2, 0.25) is 11.8 Å². The second kappa shape index (κ2) is 8.52. The molecule has 2 aliphatic heterocycles. The molecular formula is C20H24FN5O2. The van der Waals surface area contributed by atoms with Gasteiger partial charge in [0.1, 0.15) is 23.7 Å². The molecule has 0 unspecified atom stereocenters. The Hall–Kier alpha value is -2.74. The first kappa shape index (κ1) is 18.6. The summed E-state index contributed by atoms with van der Waals surface area (Å²) in [5.41, 5.74) is 0. The number of likely N-dealkylation sites (tertiary alicyclic amines) is 1. The van der Waals surface area contributed by atoms with E-state index in [0.717, 1.165) is 57.9 Å². The zero-order valence-electron chi connectivity index (χ0n) is 15.8. The van der Waals surface area contributed by atoms with Crippen LogP contribution in [0.4, 0.5) is 10.2 Å². The molecule has 0 N–H and O–H groups in total. The molecule has 28 heavy (non-hydrogen) atoms. The van der Waals surface area contributed by atoms with Crippen molar-refractivity contribution in [1.82, 2.24) is 19.8 Å². The van der Waals surface area contributed by atoms with Gasteiger partial charge in [-0.25, -0.2) is 14.4 Å². The van der Waals surface area contributed by atoms with Gasteiger partial charge in [-0.1, -0.05) is 6.07 Å². The number of hydrogen-bond donors (Lipinski definition) is 0. The average molecular weight is 385 g/mol. The minimum absolute atomic E-state index is 0.235. The molecule has 7 nitrogen and oxygen atoms in total. The van der Waals surface area contributed by atoms with E-state index in [1.54, 1.807) is 18.2 Å². The number of nitrogens with zero attached hydrogens (tertiary/aromatic N) is 5. The zero-order chi connectivity index (χ0) is 19.3. The molecule has 0 spiro atoms. The summed E-state index contributed by atoms with van der Waals surface area (Å²) in [7, 11) is 0.